The van der Waals surface area contributed by atoms with Crippen molar-refractivity contribution in [2.75, 3.05) is 55.0 Å². The van der Waals surface area contributed by atoms with Crippen molar-refractivity contribution in [1.82, 2.24) is 0 Å². The largest absolute Gasteiger partial charge is 0.497 e. The van der Waals surface area contributed by atoms with Gasteiger partial charge in [0, 0.05) is 67.9 Å². The second-order valence-corrected chi connectivity index (χ2v) is 17.1. The molecule has 0 radical (unpaired) electrons. The van der Waals surface area contributed by atoms with E-state index in [-0.39, 0.29) is 35.5 Å². The fourth-order valence-electron chi connectivity index (χ4n) is 7.11. The molecule has 19 heteroatoms. The van der Waals surface area contributed by atoms with Crippen molar-refractivity contribution in [1.29, 1.82) is 0 Å². The standard InChI is InChI=1S/C21H16F3N3O2.C21H19N3O3.C20H17N3O2/c22-21(23,24)15-8-12-18(13-9-15)27-20(29)26-17-10-6-14(7-11-17)19(28)25-16-4-2-1-3-5-16;1-27-19-13-11-18(12-14-19)24-21(26)23-17-9-7-15(8-10-17)20(25)22-16-5-3-2-4-6-16;24-19(21-16-7-3-1-4-8-16)15-11-13-18(14-12-15)23-20(25)22-17-9-5-2-6-10-17/h1-13H,(H,25,28)(H2,26,27,29);2-14H,1H3,(H,22,25)(H2,23,24,26);1-14H,(H,21,24)(H2,22,23,25). The van der Waals surface area contributed by atoms with E-state index in [4.69, 9.17) is 4.74 Å². The Morgan fingerprint density at radius 1 is 0.284 bits per heavy atom. The number of carbonyl (C=O) groups excluding carboxylic acids is 6. The molecule has 408 valence electrons. The number of halogens is 3. The second kappa shape index (κ2) is 28.8. The Morgan fingerprint density at radius 3 is 0.728 bits per heavy atom. The summed E-state index contributed by atoms with van der Waals surface area (Å²) in [4.78, 5) is 72.6. The van der Waals surface area contributed by atoms with Gasteiger partial charge in [-0.1, -0.05) is 72.8 Å². The van der Waals surface area contributed by atoms with E-state index < -0.39 is 17.8 Å². The van der Waals surface area contributed by atoms with Gasteiger partial charge in [-0.25, -0.2) is 14.4 Å². The van der Waals surface area contributed by atoms with Crippen LogP contribution in [-0.2, 0) is 6.18 Å². The molecule has 9 aromatic rings. The third-order valence-electron chi connectivity index (χ3n) is 11.2. The first-order chi connectivity index (χ1) is 39.1. The quantitative estimate of drug-likeness (QED) is 0.0543. The number of urea groups is 3. The number of alkyl halides is 3. The van der Waals surface area contributed by atoms with Crippen LogP contribution in [0.25, 0.3) is 0 Å². The number of hydrogen-bond donors (Lipinski definition) is 9. The number of para-hydroxylation sites is 4. The van der Waals surface area contributed by atoms with E-state index in [1.807, 2.05) is 84.9 Å². The minimum absolute atomic E-state index is 0.202. The molecule has 0 bridgehead atoms. The molecule has 9 rings (SSSR count). The number of ether oxygens (including phenoxy) is 1. The molecule has 81 heavy (non-hydrogen) atoms. The van der Waals surface area contributed by atoms with Gasteiger partial charge in [-0.15, -0.1) is 0 Å². The summed E-state index contributed by atoms with van der Waals surface area (Å²) in [6, 6.07) is 65.9. The number of rotatable bonds is 13. The van der Waals surface area contributed by atoms with Crippen molar-refractivity contribution >= 4 is 87.0 Å². The van der Waals surface area contributed by atoms with Gasteiger partial charge in [0.25, 0.3) is 17.7 Å². The number of nitrogens with one attached hydrogen (secondary N) is 9. The zero-order valence-electron chi connectivity index (χ0n) is 43.1. The molecule has 0 saturated heterocycles. The molecule has 0 aliphatic rings. The highest BCUT2D eigenvalue weighted by Crippen LogP contribution is 2.30. The van der Waals surface area contributed by atoms with Gasteiger partial charge in [-0.3, -0.25) is 14.4 Å². The zero-order valence-corrected chi connectivity index (χ0v) is 43.1. The molecule has 16 nitrogen and oxygen atoms in total. The number of hydrogen-bond acceptors (Lipinski definition) is 7. The third kappa shape index (κ3) is 19.1. The van der Waals surface area contributed by atoms with E-state index in [9.17, 15) is 41.9 Å². The number of amides is 9. The topological polar surface area (TPSA) is 220 Å². The predicted octanol–water partition coefficient (Wildman–Crippen LogP) is 14.8. The second-order valence-electron chi connectivity index (χ2n) is 17.1. The third-order valence-corrected chi connectivity index (χ3v) is 11.2. The summed E-state index contributed by atoms with van der Waals surface area (Å²) in [5, 5.41) is 24.3. The Hall–Kier alpha value is -11.2. The van der Waals surface area contributed by atoms with Crippen LogP contribution in [0.3, 0.4) is 0 Å². The summed E-state index contributed by atoms with van der Waals surface area (Å²) in [6.07, 6.45) is -4.44. The van der Waals surface area contributed by atoms with Gasteiger partial charge >= 0.3 is 24.3 Å². The van der Waals surface area contributed by atoms with Crippen LogP contribution >= 0.6 is 0 Å². The van der Waals surface area contributed by atoms with Crippen LogP contribution in [-0.4, -0.2) is 42.9 Å². The maximum atomic E-state index is 12.6. The summed E-state index contributed by atoms with van der Waals surface area (Å²) in [5.41, 5.74) is 5.91. The Balaban J connectivity index is 0.000000176. The van der Waals surface area contributed by atoms with Crippen LogP contribution in [0, 0.1) is 0 Å². The first-order valence-electron chi connectivity index (χ1n) is 24.7. The maximum absolute atomic E-state index is 12.6. The Bertz CT molecular complexity index is 3490. The van der Waals surface area contributed by atoms with Gasteiger partial charge in [-0.05, 0) is 170 Å². The minimum atomic E-state index is -4.44. The monoisotopic (exact) mass is 1090 g/mol. The SMILES string of the molecule is COc1ccc(NC(=O)Nc2ccc(C(=O)Nc3ccccc3)cc2)cc1.O=C(Nc1ccc(C(=O)Nc2ccccc2)cc1)Nc1ccc(C(F)(F)F)cc1.O=C(Nc1ccccc1)Nc1ccc(C(=O)Nc2ccccc2)cc1. The van der Waals surface area contributed by atoms with E-state index in [1.54, 1.807) is 141 Å². The van der Waals surface area contributed by atoms with Crippen LogP contribution in [0.4, 0.5) is 78.7 Å². The maximum Gasteiger partial charge on any atom is 0.416 e. The van der Waals surface area contributed by atoms with Crippen LogP contribution < -0.4 is 52.6 Å². The Kier molecular flexibility index (Phi) is 20.4. The summed E-state index contributed by atoms with van der Waals surface area (Å²) in [7, 11) is 1.58. The molecule has 0 aliphatic heterocycles. The smallest absolute Gasteiger partial charge is 0.416 e. The average molecular weight is 1090 g/mol. The highest BCUT2D eigenvalue weighted by atomic mass is 19.4. The van der Waals surface area contributed by atoms with Crippen LogP contribution in [0.15, 0.2) is 243 Å². The van der Waals surface area contributed by atoms with E-state index >= 15 is 0 Å². The van der Waals surface area contributed by atoms with Gasteiger partial charge in [0.2, 0.25) is 0 Å². The van der Waals surface area contributed by atoms with Crippen molar-refractivity contribution in [3.63, 3.8) is 0 Å². The predicted molar refractivity (Wildman–Crippen MR) is 311 cm³/mol. The highest BCUT2D eigenvalue weighted by molar-refractivity contribution is 6.07. The number of benzene rings is 9. The van der Waals surface area contributed by atoms with Crippen molar-refractivity contribution in [3.05, 3.63) is 265 Å². The minimum Gasteiger partial charge on any atom is -0.497 e. The molecule has 9 aromatic carbocycles. The molecule has 0 spiro atoms. The van der Waals surface area contributed by atoms with Crippen molar-refractivity contribution < 1.29 is 46.7 Å². The highest BCUT2D eigenvalue weighted by Gasteiger charge is 2.30. The van der Waals surface area contributed by atoms with Gasteiger partial charge in [0.1, 0.15) is 5.75 Å². The van der Waals surface area contributed by atoms with E-state index in [0.717, 1.165) is 23.5 Å². The molecule has 0 saturated carbocycles. The van der Waals surface area contributed by atoms with Gasteiger partial charge < -0.3 is 52.6 Å². The lowest BCUT2D eigenvalue weighted by atomic mass is 10.2. The molecule has 0 fully saturated rings. The van der Waals surface area contributed by atoms with Gasteiger partial charge in [0.05, 0.1) is 12.7 Å². The van der Waals surface area contributed by atoms with Gasteiger partial charge in [0.15, 0.2) is 0 Å². The summed E-state index contributed by atoms with van der Waals surface area (Å²) < 4.78 is 42.7. The molecule has 9 N–H and O–H groups in total. The molecule has 0 aliphatic carbocycles. The summed E-state index contributed by atoms with van der Waals surface area (Å²) in [5.74, 6) is 0.00389. The molecular weight excluding hydrogens is 1040 g/mol. The summed E-state index contributed by atoms with van der Waals surface area (Å²) in [6.45, 7) is 0. The average Bonchev–Trinajstić information content (AvgIpc) is 3.47. The number of anilines is 9. The molecular formula is C62H52F3N9O7. The van der Waals surface area contributed by atoms with Gasteiger partial charge in [-0.2, -0.15) is 13.2 Å². The van der Waals surface area contributed by atoms with E-state index in [2.05, 4.69) is 47.9 Å². The lowest BCUT2D eigenvalue weighted by Crippen LogP contribution is -2.19. The fourth-order valence-corrected chi connectivity index (χ4v) is 7.11. The molecule has 0 aromatic heterocycles. The van der Waals surface area contributed by atoms with Crippen molar-refractivity contribution in [3.8, 4) is 5.75 Å². The zero-order chi connectivity index (χ0) is 57.4. The molecule has 0 atom stereocenters. The number of carbonyl (C=O) groups is 6. The molecule has 0 heterocycles. The first-order valence-corrected chi connectivity index (χ1v) is 24.7. The molecule has 9 amide bonds. The normalized spacial score (nSPS) is 10.3. The van der Waals surface area contributed by atoms with Crippen LogP contribution in [0.1, 0.15) is 36.6 Å². The van der Waals surface area contributed by atoms with Crippen LogP contribution in [0.5, 0.6) is 5.75 Å². The van der Waals surface area contributed by atoms with E-state index in [1.165, 1.54) is 12.1 Å². The first kappa shape index (κ1) is 57.5. The fraction of sp³-hybridized carbons (Fsp3) is 0.0323. The Morgan fingerprint density at radius 2 is 0.494 bits per heavy atom. The van der Waals surface area contributed by atoms with E-state index in [0.29, 0.717) is 56.6 Å². The number of methoxy groups -OCH3 is 1. The Labute approximate surface area is 463 Å². The summed E-state index contributed by atoms with van der Waals surface area (Å²) >= 11 is 0. The van der Waals surface area contributed by atoms with Crippen molar-refractivity contribution in [2.24, 2.45) is 0 Å². The van der Waals surface area contributed by atoms with Crippen LogP contribution in [0.2, 0.25) is 0 Å². The lowest BCUT2D eigenvalue weighted by Gasteiger charge is -2.10. The lowest BCUT2D eigenvalue weighted by molar-refractivity contribution is -0.137. The molecule has 0 unspecified atom stereocenters. The van der Waals surface area contributed by atoms with Crippen molar-refractivity contribution in [2.45, 2.75) is 6.18 Å².